The predicted molar refractivity (Wildman–Crippen MR) is 93.8 cm³/mol. The van der Waals surface area contributed by atoms with E-state index in [1.54, 1.807) is 19.9 Å². The highest BCUT2D eigenvalue weighted by Crippen LogP contribution is 2.22. The first kappa shape index (κ1) is 20.1. The number of nitrogens with zero attached hydrogens (tertiary/aromatic N) is 2. The smallest absolute Gasteiger partial charge is 0.278 e. The van der Waals surface area contributed by atoms with Gasteiger partial charge in [-0.15, -0.1) is 0 Å². The first-order valence-corrected chi connectivity index (χ1v) is 7.91. The second-order valence-corrected chi connectivity index (χ2v) is 4.68. The molecule has 7 heteroatoms. The minimum Gasteiger partial charge on any atom is -0.337 e. The molecule has 1 amide bonds. The first-order valence-electron chi connectivity index (χ1n) is 7.91. The van der Waals surface area contributed by atoms with Gasteiger partial charge in [0.1, 0.15) is 23.4 Å². The largest absolute Gasteiger partial charge is 0.337 e. The fourth-order valence-electron chi connectivity index (χ4n) is 1.84. The number of anilines is 2. The number of nitriles is 1. The number of aryl methyl sites for hydroxylation is 1. The second-order valence-electron chi connectivity index (χ2n) is 4.68. The van der Waals surface area contributed by atoms with Crippen molar-refractivity contribution in [2.45, 2.75) is 27.7 Å². The van der Waals surface area contributed by atoms with Crippen molar-refractivity contribution in [1.29, 1.82) is 5.26 Å². The van der Waals surface area contributed by atoms with Gasteiger partial charge in [0.2, 0.25) is 0 Å². The van der Waals surface area contributed by atoms with Gasteiger partial charge in [-0.2, -0.15) is 5.26 Å². The van der Waals surface area contributed by atoms with Crippen LogP contribution in [-0.4, -0.2) is 17.5 Å². The van der Waals surface area contributed by atoms with Gasteiger partial charge in [-0.25, -0.2) is 14.9 Å². The van der Waals surface area contributed by atoms with E-state index in [2.05, 4.69) is 15.8 Å². The zero-order valence-electron chi connectivity index (χ0n) is 14.7. The number of hydrogen-bond acceptors (Lipinski definition) is 5. The molecule has 0 saturated carbocycles. The highest BCUT2D eigenvalue weighted by molar-refractivity contribution is 5.98. The van der Waals surface area contributed by atoms with Gasteiger partial charge in [-0.05, 0) is 43.7 Å². The lowest BCUT2D eigenvalue weighted by Gasteiger charge is -2.12. The summed E-state index contributed by atoms with van der Waals surface area (Å²) < 4.78 is 14.0. The van der Waals surface area contributed by atoms with Crippen molar-refractivity contribution in [1.82, 2.24) is 10.5 Å². The van der Waals surface area contributed by atoms with Gasteiger partial charge in [0.05, 0.1) is 17.9 Å². The van der Waals surface area contributed by atoms with Crippen LogP contribution < -0.4 is 10.8 Å². The predicted octanol–water partition coefficient (Wildman–Crippen LogP) is 3.85. The molecule has 0 aliphatic carbocycles. The van der Waals surface area contributed by atoms with Crippen molar-refractivity contribution in [2.75, 3.05) is 11.9 Å². The van der Waals surface area contributed by atoms with Crippen molar-refractivity contribution in [3.63, 3.8) is 0 Å². The van der Waals surface area contributed by atoms with E-state index >= 15 is 0 Å². The lowest BCUT2D eigenvalue weighted by Crippen LogP contribution is -2.25. The van der Waals surface area contributed by atoms with E-state index in [1.165, 1.54) is 24.3 Å². The van der Waals surface area contributed by atoms with Gasteiger partial charge < -0.3 is 5.32 Å². The molecule has 6 nitrogen and oxygen atoms in total. The summed E-state index contributed by atoms with van der Waals surface area (Å²) in [6, 6.07) is 9.32. The summed E-state index contributed by atoms with van der Waals surface area (Å²) in [6.45, 7) is 7.78. The molecule has 0 radical (unpaired) electrons. The molecular formula is C18H21FN4O2. The van der Waals surface area contributed by atoms with Crippen LogP contribution >= 0.6 is 0 Å². The number of rotatable bonds is 5. The number of aromatic nitrogens is 1. The quantitative estimate of drug-likeness (QED) is 0.805. The topological polar surface area (TPSA) is 87.0 Å². The van der Waals surface area contributed by atoms with Crippen LogP contribution in [0.1, 0.15) is 42.4 Å². The Balaban J connectivity index is 0.00000151. The van der Waals surface area contributed by atoms with E-state index < -0.39 is 11.7 Å². The van der Waals surface area contributed by atoms with Crippen molar-refractivity contribution in [3.05, 3.63) is 53.0 Å². The van der Waals surface area contributed by atoms with Gasteiger partial charge in [-0.1, -0.05) is 19.9 Å². The Morgan fingerprint density at radius 3 is 2.64 bits per heavy atom. The first-order chi connectivity index (χ1) is 12.0. The minimum atomic E-state index is -0.543. The standard InChI is InChI=1S/C16H15FN4O2.C2H6/c1-3-23-21-16(22)12-6-5-11(9-18)19-15(12)20-14-7-4-10(2)8-13(14)17;1-2/h4-8H,3H2,1-2H3,(H,19,20)(H,21,22);1-2H3. The van der Waals surface area contributed by atoms with Crippen LogP contribution in [0.2, 0.25) is 0 Å². The van der Waals surface area contributed by atoms with E-state index in [4.69, 9.17) is 10.1 Å². The number of nitrogens with one attached hydrogen (secondary N) is 2. The molecule has 2 aromatic rings. The van der Waals surface area contributed by atoms with Crippen molar-refractivity contribution >= 4 is 17.4 Å². The summed E-state index contributed by atoms with van der Waals surface area (Å²) in [6.07, 6.45) is 0. The van der Waals surface area contributed by atoms with E-state index in [9.17, 15) is 9.18 Å². The van der Waals surface area contributed by atoms with Crippen LogP contribution in [0, 0.1) is 24.1 Å². The molecular weight excluding hydrogens is 323 g/mol. The zero-order valence-corrected chi connectivity index (χ0v) is 14.7. The average molecular weight is 344 g/mol. The molecule has 1 aromatic carbocycles. The van der Waals surface area contributed by atoms with E-state index in [0.717, 1.165) is 5.56 Å². The highest BCUT2D eigenvalue weighted by Gasteiger charge is 2.15. The van der Waals surface area contributed by atoms with Crippen LogP contribution in [0.4, 0.5) is 15.9 Å². The minimum absolute atomic E-state index is 0.0732. The highest BCUT2D eigenvalue weighted by atomic mass is 19.1. The summed E-state index contributed by atoms with van der Waals surface area (Å²) >= 11 is 0. The van der Waals surface area contributed by atoms with Gasteiger partial charge in [-0.3, -0.25) is 9.63 Å². The molecule has 2 rings (SSSR count). The molecule has 0 aliphatic heterocycles. The number of amides is 1. The number of hydrogen-bond donors (Lipinski definition) is 2. The Bertz CT molecular complexity index is 772. The molecule has 0 spiro atoms. The fourth-order valence-corrected chi connectivity index (χ4v) is 1.84. The van der Waals surface area contributed by atoms with Crippen LogP contribution in [0.5, 0.6) is 0 Å². The number of pyridine rings is 1. The third-order valence-corrected chi connectivity index (χ3v) is 2.94. The molecule has 132 valence electrons. The summed E-state index contributed by atoms with van der Waals surface area (Å²) in [5.41, 5.74) is 3.40. The van der Waals surface area contributed by atoms with E-state index in [1.807, 2.05) is 19.9 Å². The number of carbonyl (C=O) groups excluding carboxylic acids is 1. The molecule has 0 saturated heterocycles. The summed E-state index contributed by atoms with van der Waals surface area (Å²) in [5, 5.41) is 11.7. The molecule has 0 atom stereocenters. The maximum atomic E-state index is 14.0. The van der Waals surface area contributed by atoms with Crippen LogP contribution in [-0.2, 0) is 4.84 Å². The number of hydroxylamine groups is 1. The fraction of sp³-hybridized carbons (Fsp3) is 0.278. The van der Waals surface area contributed by atoms with Gasteiger partial charge in [0.25, 0.3) is 5.91 Å². The number of halogens is 1. The summed E-state index contributed by atoms with van der Waals surface area (Å²) in [7, 11) is 0. The normalized spacial score (nSPS) is 9.44. The Kier molecular flexibility index (Phi) is 8.03. The lowest BCUT2D eigenvalue weighted by molar-refractivity contribution is 0.0365. The Hall–Kier alpha value is -2.98. The van der Waals surface area contributed by atoms with Crippen LogP contribution in [0.3, 0.4) is 0 Å². The summed E-state index contributed by atoms with van der Waals surface area (Å²) in [5.74, 6) is -0.951. The van der Waals surface area contributed by atoms with E-state index in [0.29, 0.717) is 6.61 Å². The SMILES string of the molecule is CC.CCONC(=O)c1ccc(C#N)nc1Nc1ccc(C)cc1F. The monoisotopic (exact) mass is 344 g/mol. The van der Waals surface area contributed by atoms with E-state index in [-0.39, 0.29) is 22.8 Å². The number of carbonyl (C=O) groups is 1. The Morgan fingerprint density at radius 1 is 1.32 bits per heavy atom. The second kappa shape index (κ2) is 10.0. The average Bonchev–Trinajstić information content (AvgIpc) is 2.63. The van der Waals surface area contributed by atoms with Crippen molar-refractivity contribution in [2.24, 2.45) is 0 Å². The van der Waals surface area contributed by atoms with Gasteiger partial charge in [0.15, 0.2) is 0 Å². The lowest BCUT2D eigenvalue weighted by atomic mass is 10.2. The van der Waals surface area contributed by atoms with Gasteiger partial charge in [0, 0.05) is 0 Å². The maximum absolute atomic E-state index is 14.0. The molecule has 1 aromatic heterocycles. The molecule has 0 unspecified atom stereocenters. The van der Waals surface area contributed by atoms with Gasteiger partial charge >= 0.3 is 0 Å². The third kappa shape index (κ3) is 5.55. The molecule has 1 heterocycles. The molecule has 25 heavy (non-hydrogen) atoms. The Labute approximate surface area is 146 Å². The van der Waals surface area contributed by atoms with Crippen LogP contribution in [0.25, 0.3) is 0 Å². The van der Waals surface area contributed by atoms with Crippen molar-refractivity contribution in [3.8, 4) is 6.07 Å². The molecule has 0 aliphatic rings. The van der Waals surface area contributed by atoms with Crippen LogP contribution in [0.15, 0.2) is 30.3 Å². The molecule has 0 fully saturated rings. The van der Waals surface area contributed by atoms with Crippen molar-refractivity contribution < 1.29 is 14.0 Å². The number of benzene rings is 1. The third-order valence-electron chi connectivity index (χ3n) is 2.94. The maximum Gasteiger partial charge on any atom is 0.278 e. The molecule has 0 bridgehead atoms. The summed E-state index contributed by atoms with van der Waals surface area (Å²) in [4.78, 5) is 20.9. The molecule has 2 N–H and O–H groups in total. The zero-order chi connectivity index (χ0) is 18.8. The Morgan fingerprint density at radius 2 is 2.04 bits per heavy atom.